The van der Waals surface area contributed by atoms with E-state index in [0.717, 1.165) is 10.3 Å². The Labute approximate surface area is 142 Å². The second-order valence-corrected chi connectivity index (χ2v) is 5.52. The molecule has 1 aromatic heterocycles. The number of nitrogens with zero attached hydrogens (tertiary/aromatic N) is 2. The summed E-state index contributed by atoms with van der Waals surface area (Å²) >= 11 is 0. The molecule has 0 aliphatic rings. The molecular weight excluding hydrogens is 328 g/mol. The van der Waals surface area contributed by atoms with Gasteiger partial charge in [0.25, 0.3) is 5.56 Å². The molecule has 0 unspecified atom stereocenters. The van der Waals surface area contributed by atoms with Crippen molar-refractivity contribution in [3.8, 4) is 0 Å². The molecule has 132 valence electrons. The van der Waals surface area contributed by atoms with Crippen molar-refractivity contribution in [3.05, 3.63) is 56.2 Å². The van der Waals surface area contributed by atoms with Gasteiger partial charge in [0.05, 0.1) is 5.56 Å². The molecule has 0 radical (unpaired) electrons. The lowest BCUT2D eigenvalue weighted by molar-refractivity contribution is 0.0474. The van der Waals surface area contributed by atoms with E-state index in [1.165, 1.54) is 7.05 Å². The molecule has 2 rings (SSSR count). The Morgan fingerprint density at radius 1 is 1.20 bits per heavy atom. The van der Waals surface area contributed by atoms with Gasteiger partial charge < -0.3 is 15.4 Å². The molecule has 25 heavy (non-hydrogen) atoms. The van der Waals surface area contributed by atoms with Crippen LogP contribution in [0.1, 0.15) is 20.7 Å². The number of H-pyrrole nitrogens is 1. The summed E-state index contributed by atoms with van der Waals surface area (Å²) in [4.78, 5) is 51.1. The fourth-order valence-electron chi connectivity index (χ4n) is 2.09. The van der Waals surface area contributed by atoms with E-state index in [1.54, 1.807) is 24.3 Å². The molecule has 9 nitrogen and oxygen atoms in total. The standard InChI is InChI=1S/C16H18N4O5/c1-19(2)10-6-4-9(5-7-10)15(23)25-8-11(21)12-13(17)20(3)16(24)18-14(12)22/h4-7H,8,17H2,1-3H3,(H,18,22,24). The van der Waals surface area contributed by atoms with Crippen molar-refractivity contribution in [1.29, 1.82) is 0 Å². The SMILES string of the molecule is CN(C)c1ccc(C(=O)OCC(=O)c2c(N)n(C)c(=O)[nH]c2=O)cc1. The second-order valence-electron chi connectivity index (χ2n) is 5.52. The van der Waals surface area contributed by atoms with Gasteiger partial charge in [-0.1, -0.05) is 0 Å². The third-order valence-corrected chi connectivity index (χ3v) is 3.60. The monoisotopic (exact) mass is 346 g/mol. The number of carbonyl (C=O) groups is 2. The van der Waals surface area contributed by atoms with E-state index in [2.05, 4.69) is 0 Å². The second kappa shape index (κ2) is 7.04. The highest BCUT2D eigenvalue weighted by molar-refractivity contribution is 6.02. The Kier molecular flexibility index (Phi) is 5.06. The summed E-state index contributed by atoms with van der Waals surface area (Å²) in [6, 6.07) is 6.59. The first kappa shape index (κ1) is 18.0. The molecule has 1 aromatic carbocycles. The lowest BCUT2D eigenvalue weighted by Gasteiger charge is -2.12. The van der Waals surface area contributed by atoms with E-state index in [4.69, 9.17) is 10.5 Å². The maximum atomic E-state index is 12.1. The van der Waals surface area contributed by atoms with Crippen LogP contribution in [0.2, 0.25) is 0 Å². The zero-order valence-corrected chi connectivity index (χ0v) is 14.0. The lowest BCUT2D eigenvalue weighted by atomic mass is 10.2. The molecular formula is C16H18N4O5. The number of carbonyl (C=O) groups excluding carboxylic acids is 2. The summed E-state index contributed by atoms with van der Waals surface area (Å²) in [5.41, 5.74) is 4.71. The molecule has 0 aliphatic carbocycles. The first-order valence-corrected chi connectivity index (χ1v) is 7.29. The highest BCUT2D eigenvalue weighted by atomic mass is 16.5. The summed E-state index contributed by atoms with van der Waals surface area (Å²) in [5.74, 6) is -1.80. The maximum Gasteiger partial charge on any atom is 0.338 e. The zero-order chi connectivity index (χ0) is 18.7. The predicted octanol–water partition coefficient (Wildman–Crippen LogP) is -0.238. The van der Waals surface area contributed by atoms with Crippen LogP contribution in [0.25, 0.3) is 0 Å². The van der Waals surface area contributed by atoms with Gasteiger partial charge in [-0.3, -0.25) is 19.1 Å². The number of benzene rings is 1. The van der Waals surface area contributed by atoms with E-state index in [0.29, 0.717) is 0 Å². The minimum atomic E-state index is -0.919. The normalized spacial score (nSPS) is 10.4. The van der Waals surface area contributed by atoms with Gasteiger partial charge >= 0.3 is 11.7 Å². The Hall–Kier alpha value is -3.36. The van der Waals surface area contributed by atoms with E-state index >= 15 is 0 Å². The fraction of sp³-hybridized carbons (Fsp3) is 0.250. The number of rotatable bonds is 5. The number of anilines is 2. The van der Waals surface area contributed by atoms with Crippen molar-refractivity contribution in [2.45, 2.75) is 0 Å². The number of nitrogens with one attached hydrogen (secondary N) is 1. The molecule has 0 saturated heterocycles. The van der Waals surface area contributed by atoms with Gasteiger partial charge in [0, 0.05) is 26.8 Å². The van der Waals surface area contributed by atoms with E-state index in [9.17, 15) is 19.2 Å². The van der Waals surface area contributed by atoms with Gasteiger partial charge in [0.1, 0.15) is 11.4 Å². The first-order chi connectivity index (χ1) is 11.7. The number of ether oxygens (including phenoxy) is 1. The number of ketones is 1. The van der Waals surface area contributed by atoms with Crippen LogP contribution in [0.3, 0.4) is 0 Å². The minimum Gasteiger partial charge on any atom is -0.454 e. The van der Waals surface area contributed by atoms with Crippen molar-refractivity contribution in [2.24, 2.45) is 7.05 Å². The van der Waals surface area contributed by atoms with Gasteiger partial charge in [-0.15, -0.1) is 0 Å². The molecule has 0 fully saturated rings. The average molecular weight is 346 g/mol. The van der Waals surface area contributed by atoms with E-state index in [1.807, 2.05) is 24.0 Å². The summed E-state index contributed by atoms with van der Waals surface area (Å²) in [6.45, 7) is -0.667. The number of hydrogen-bond acceptors (Lipinski definition) is 7. The average Bonchev–Trinajstić information content (AvgIpc) is 2.57. The number of aromatic nitrogens is 2. The van der Waals surface area contributed by atoms with Crippen molar-refractivity contribution in [2.75, 3.05) is 31.3 Å². The van der Waals surface area contributed by atoms with Crippen molar-refractivity contribution < 1.29 is 14.3 Å². The molecule has 0 atom stereocenters. The molecule has 0 bridgehead atoms. The smallest absolute Gasteiger partial charge is 0.338 e. The van der Waals surface area contributed by atoms with Crippen LogP contribution in [-0.2, 0) is 11.8 Å². The van der Waals surface area contributed by atoms with Gasteiger partial charge in [-0.25, -0.2) is 9.59 Å². The minimum absolute atomic E-state index is 0.265. The number of esters is 1. The Morgan fingerprint density at radius 3 is 2.36 bits per heavy atom. The Bertz CT molecular complexity index is 925. The van der Waals surface area contributed by atoms with Gasteiger partial charge in [-0.2, -0.15) is 0 Å². The molecule has 2 aromatic rings. The maximum absolute atomic E-state index is 12.1. The molecule has 0 amide bonds. The summed E-state index contributed by atoms with van der Waals surface area (Å²) < 4.78 is 5.85. The van der Waals surface area contributed by atoms with Crippen molar-refractivity contribution >= 4 is 23.3 Å². The van der Waals surface area contributed by atoms with E-state index < -0.39 is 35.2 Å². The number of aromatic amines is 1. The molecule has 0 saturated carbocycles. The van der Waals surface area contributed by atoms with Crippen molar-refractivity contribution in [1.82, 2.24) is 9.55 Å². The highest BCUT2D eigenvalue weighted by Crippen LogP contribution is 2.13. The van der Waals surface area contributed by atoms with Gasteiger partial charge in [0.15, 0.2) is 6.61 Å². The molecule has 3 N–H and O–H groups in total. The van der Waals surface area contributed by atoms with Crippen LogP contribution in [0.5, 0.6) is 0 Å². The molecule has 0 spiro atoms. The highest BCUT2D eigenvalue weighted by Gasteiger charge is 2.20. The van der Waals surface area contributed by atoms with Crippen LogP contribution in [0.15, 0.2) is 33.9 Å². The largest absolute Gasteiger partial charge is 0.454 e. The quantitative estimate of drug-likeness (QED) is 0.565. The Balaban J connectivity index is 2.12. The number of nitrogen functional groups attached to an aromatic ring is 1. The van der Waals surface area contributed by atoms with Crippen LogP contribution < -0.4 is 21.9 Å². The number of nitrogens with two attached hydrogens (primary N) is 1. The molecule has 9 heteroatoms. The van der Waals surface area contributed by atoms with E-state index in [-0.39, 0.29) is 11.4 Å². The lowest BCUT2D eigenvalue weighted by Crippen LogP contribution is -2.35. The van der Waals surface area contributed by atoms with Crippen LogP contribution in [-0.4, -0.2) is 42.0 Å². The van der Waals surface area contributed by atoms with Gasteiger partial charge in [-0.05, 0) is 24.3 Å². The summed E-state index contributed by atoms with van der Waals surface area (Å²) in [7, 11) is 5.03. The molecule has 0 aliphatic heterocycles. The number of hydrogen-bond donors (Lipinski definition) is 2. The fourth-order valence-corrected chi connectivity index (χ4v) is 2.09. The van der Waals surface area contributed by atoms with Crippen LogP contribution in [0.4, 0.5) is 11.5 Å². The Morgan fingerprint density at radius 2 is 1.80 bits per heavy atom. The number of Topliss-reactive ketones (excluding diaryl/α,β-unsaturated/α-hetero) is 1. The predicted molar refractivity (Wildman–Crippen MR) is 92.1 cm³/mol. The third kappa shape index (κ3) is 3.77. The van der Waals surface area contributed by atoms with Crippen molar-refractivity contribution in [3.63, 3.8) is 0 Å². The third-order valence-electron chi connectivity index (χ3n) is 3.60. The molecule has 1 heterocycles. The summed E-state index contributed by atoms with van der Waals surface area (Å²) in [6.07, 6.45) is 0. The topological polar surface area (TPSA) is 127 Å². The summed E-state index contributed by atoms with van der Waals surface area (Å²) in [5, 5.41) is 0. The van der Waals surface area contributed by atoms with Gasteiger partial charge in [0.2, 0.25) is 5.78 Å². The van der Waals surface area contributed by atoms with Crippen LogP contribution in [0, 0.1) is 0 Å². The first-order valence-electron chi connectivity index (χ1n) is 7.29. The van der Waals surface area contributed by atoms with Crippen LogP contribution >= 0.6 is 0 Å². The zero-order valence-electron chi connectivity index (χ0n) is 14.0.